The van der Waals surface area contributed by atoms with E-state index >= 15 is 0 Å². The molecule has 0 amide bonds. The van der Waals surface area contributed by atoms with Gasteiger partial charge in [-0.3, -0.25) is 4.98 Å². The van der Waals surface area contributed by atoms with Crippen molar-refractivity contribution in [2.45, 2.75) is 24.6 Å². The number of nitrogens with zero attached hydrogens (tertiary/aromatic N) is 1. The molecule has 3 aromatic rings. The molecule has 1 aliphatic heterocycles. The SMILES string of the molecule is COc1ccc(C(c2cc3ccccc3nc2C)C2(C(F)(F)F)CO2)c(Cl)c1F. The molecule has 2 atom stereocenters. The Bertz CT molecular complexity index is 1100. The van der Waals surface area contributed by atoms with E-state index in [0.717, 1.165) is 0 Å². The van der Waals surface area contributed by atoms with Crippen LogP contribution in [0.15, 0.2) is 42.5 Å². The zero-order valence-corrected chi connectivity index (χ0v) is 16.2. The van der Waals surface area contributed by atoms with Gasteiger partial charge in [0.05, 0.1) is 30.2 Å². The highest BCUT2D eigenvalue weighted by molar-refractivity contribution is 6.31. The minimum absolute atomic E-state index is 0.0278. The average molecular weight is 426 g/mol. The quantitative estimate of drug-likeness (QED) is 0.391. The second-order valence-electron chi connectivity index (χ2n) is 6.95. The lowest BCUT2D eigenvalue weighted by molar-refractivity contribution is -0.187. The summed E-state index contributed by atoms with van der Waals surface area (Å²) in [5.41, 5.74) is -1.20. The number of methoxy groups -OCH3 is 1. The molecule has 3 nitrogen and oxygen atoms in total. The van der Waals surface area contributed by atoms with Gasteiger partial charge in [0.25, 0.3) is 0 Å². The number of aromatic nitrogens is 1. The van der Waals surface area contributed by atoms with Gasteiger partial charge < -0.3 is 9.47 Å². The molecule has 1 saturated heterocycles. The molecule has 4 rings (SSSR count). The first-order chi connectivity index (χ1) is 13.7. The summed E-state index contributed by atoms with van der Waals surface area (Å²) in [6.07, 6.45) is -4.69. The standard InChI is InChI=1S/C21H16ClF4NO2/c1-11-14(9-12-5-3-4-6-15(12)27-11)17(20(10-29-20)21(24,25)26)13-7-8-16(28-2)19(23)18(13)22/h3-9,17H,10H2,1-2H3. The van der Waals surface area contributed by atoms with Gasteiger partial charge in [0, 0.05) is 11.1 Å². The van der Waals surface area contributed by atoms with Crippen molar-refractivity contribution in [1.82, 2.24) is 4.98 Å². The first kappa shape index (κ1) is 19.9. The summed E-state index contributed by atoms with van der Waals surface area (Å²) >= 11 is 6.18. The molecule has 1 aromatic heterocycles. The zero-order valence-electron chi connectivity index (χ0n) is 15.5. The van der Waals surface area contributed by atoms with Crippen molar-refractivity contribution in [3.05, 3.63) is 70.1 Å². The highest BCUT2D eigenvalue weighted by Crippen LogP contribution is 2.57. The second kappa shape index (κ2) is 6.85. The molecule has 1 fully saturated rings. The molecule has 0 saturated carbocycles. The fraction of sp³-hybridized carbons (Fsp3) is 0.286. The molecule has 0 bridgehead atoms. The molecule has 2 unspecified atom stereocenters. The lowest BCUT2D eigenvalue weighted by Crippen LogP contribution is -2.40. The van der Waals surface area contributed by atoms with Crippen LogP contribution in [-0.4, -0.2) is 30.5 Å². The Morgan fingerprint density at radius 1 is 1.17 bits per heavy atom. The van der Waals surface area contributed by atoms with Gasteiger partial charge in [-0.15, -0.1) is 0 Å². The predicted molar refractivity (Wildman–Crippen MR) is 101 cm³/mol. The fourth-order valence-electron chi connectivity index (χ4n) is 3.69. The van der Waals surface area contributed by atoms with E-state index in [9.17, 15) is 17.6 Å². The van der Waals surface area contributed by atoms with E-state index in [1.54, 1.807) is 37.3 Å². The molecule has 0 aliphatic carbocycles. The third-order valence-electron chi connectivity index (χ3n) is 5.27. The predicted octanol–water partition coefficient (Wildman–Crippen LogP) is 5.81. The number of hydrogen-bond acceptors (Lipinski definition) is 3. The van der Waals surface area contributed by atoms with Crippen molar-refractivity contribution in [3.8, 4) is 5.75 Å². The number of ether oxygens (including phenoxy) is 2. The van der Waals surface area contributed by atoms with Crippen molar-refractivity contribution >= 4 is 22.5 Å². The number of pyridine rings is 1. The van der Waals surface area contributed by atoms with Gasteiger partial charge in [0.1, 0.15) is 0 Å². The Morgan fingerprint density at radius 2 is 1.86 bits per heavy atom. The van der Waals surface area contributed by atoms with Crippen LogP contribution in [0.1, 0.15) is 22.7 Å². The van der Waals surface area contributed by atoms with Gasteiger partial charge in [-0.1, -0.05) is 35.9 Å². The van der Waals surface area contributed by atoms with E-state index in [0.29, 0.717) is 16.6 Å². The highest BCUT2D eigenvalue weighted by atomic mass is 35.5. The number of alkyl halides is 3. The Morgan fingerprint density at radius 3 is 2.48 bits per heavy atom. The highest BCUT2D eigenvalue weighted by Gasteiger charge is 2.71. The monoisotopic (exact) mass is 425 g/mol. The summed E-state index contributed by atoms with van der Waals surface area (Å²) in [7, 11) is 1.25. The van der Waals surface area contributed by atoms with Crippen molar-refractivity contribution in [3.63, 3.8) is 0 Å². The number of hydrogen-bond donors (Lipinski definition) is 0. The molecule has 0 spiro atoms. The molecule has 29 heavy (non-hydrogen) atoms. The Labute approximate surface area is 169 Å². The maximum atomic E-state index is 14.6. The number of para-hydroxylation sites is 1. The molecule has 1 aliphatic rings. The van der Waals surface area contributed by atoms with E-state index < -0.39 is 35.1 Å². The summed E-state index contributed by atoms with van der Waals surface area (Å²) in [5, 5.41) is 0.238. The third kappa shape index (κ3) is 3.13. The van der Waals surface area contributed by atoms with Gasteiger partial charge in [-0.2, -0.15) is 13.2 Å². The van der Waals surface area contributed by atoms with Crippen LogP contribution in [0.5, 0.6) is 5.75 Å². The van der Waals surface area contributed by atoms with Gasteiger partial charge in [-0.25, -0.2) is 4.39 Å². The van der Waals surface area contributed by atoms with Gasteiger partial charge in [0.2, 0.25) is 0 Å². The van der Waals surface area contributed by atoms with Crippen LogP contribution >= 0.6 is 11.6 Å². The normalized spacial score (nSPS) is 20.0. The molecule has 2 aromatic carbocycles. The van der Waals surface area contributed by atoms with E-state index in [1.807, 2.05) is 0 Å². The number of rotatable bonds is 4. The molecule has 152 valence electrons. The molecule has 0 radical (unpaired) electrons. The summed E-state index contributed by atoms with van der Waals surface area (Å²) in [5.74, 6) is -2.45. The lowest BCUT2D eigenvalue weighted by Gasteiger charge is -2.29. The maximum absolute atomic E-state index is 14.6. The van der Waals surface area contributed by atoms with Gasteiger partial charge in [0.15, 0.2) is 17.2 Å². The van der Waals surface area contributed by atoms with Crippen LogP contribution in [0.2, 0.25) is 5.02 Å². The summed E-state index contributed by atoms with van der Waals surface area (Å²) < 4.78 is 66.6. The van der Waals surface area contributed by atoms with Gasteiger partial charge >= 0.3 is 6.18 Å². The number of benzene rings is 2. The first-order valence-electron chi connectivity index (χ1n) is 8.78. The van der Waals surface area contributed by atoms with Crippen LogP contribution in [0.25, 0.3) is 10.9 Å². The van der Waals surface area contributed by atoms with Crippen LogP contribution in [-0.2, 0) is 4.74 Å². The number of aryl methyl sites for hydroxylation is 1. The van der Waals surface area contributed by atoms with Gasteiger partial charge in [-0.05, 0) is 36.2 Å². The van der Waals surface area contributed by atoms with Crippen molar-refractivity contribution in [2.75, 3.05) is 13.7 Å². The minimum Gasteiger partial charge on any atom is -0.494 e. The van der Waals surface area contributed by atoms with Crippen molar-refractivity contribution in [1.29, 1.82) is 0 Å². The van der Waals surface area contributed by atoms with Crippen LogP contribution in [0.3, 0.4) is 0 Å². The van der Waals surface area contributed by atoms with E-state index in [2.05, 4.69) is 4.98 Å². The zero-order chi connectivity index (χ0) is 21.0. The first-order valence-corrected chi connectivity index (χ1v) is 9.16. The third-order valence-corrected chi connectivity index (χ3v) is 5.66. The summed E-state index contributed by atoms with van der Waals surface area (Å²) in [6.45, 7) is 1.08. The fourth-order valence-corrected chi connectivity index (χ4v) is 3.95. The number of epoxide rings is 1. The van der Waals surface area contributed by atoms with E-state index in [4.69, 9.17) is 21.1 Å². The van der Waals surface area contributed by atoms with E-state index in [1.165, 1.54) is 19.2 Å². The summed E-state index contributed by atoms with van der Waals surface area (Å²) in [4.78, 5) is 4.45. The minimum atomic E-state index is -4.69. The summed E-state index contributed by atoms with van der Waals surface area (Å²) in [6, 6.07) is 11.3. The Hall–Kier alpha value is -2.38. The number of fused-ring (bicyclic) bond motifs is 1. The van der Waals surface area contributed by atoms with Crippen LogP contribution < -0.4 is 4.74 Å². The topological polar surface area (TPSA) is 34.6 Å². The van der Waals surface area contributed by atoms with Crippen molar-refractivity contribution in [2.24, 2.45) is 0 Å². The van der Waals surface area contributed by atoms with Crippen LogP contribution in [0, 0.1) is 12.7 Å². The lowest BCUT2D eigenvalue weighted by atomic mass is 9.79. The molecular formula is C21H16ClF4NO2. The van der Waals surface area contributed by atoms with E-state index in [-0.39, 0.29) is 16.9 Å². The maximum Gasteiger partial charge on any atom is 0.420 e. The molecule has 0 N–H and O–H groups in total. The smallest absolute Gasteiger partial charge is 0.420 e. The van der Waals surface area contributed by atoms with Crippen molar-refractivity contribution < 1.29 is 27.0 Å². The Balaban J connectivity index is 1.99. The Kier molecular flexibility index (Phi) is 4.70. The molecule has 8 heteroatoms. The number of halogens is 5. The van der Waals surface area contributed by atoms with Crippen LogP contribution in [0.4, 0.5) is 17.6 Å². The average Bonchev–Trinajstić information content (AvgIpc) is 3.47. The second-order valence-corrected chi connectivity index (χ2v) is 7.33. The molecular weight excluding hydrogens is 410 g/mol. The largest absolute Gasteiger partial charge is 0.494 e. The molecule has 2 heterocycles.